The predicted octanol–water partition coefficient (Wildman–Crippen LogP) is 1.71. The summed E-state index contributed by atoms with van der Waals surface area (Å²) in [6.45, 7) is 0. The van der Waals surface area contributed by atoms with Gasteiger partial charge < -0.3 is 15.4 Å². The maximum atomic E-state index is 12.7. The van der Waals surface area contributed by atoms with Crippen LogP contribution in [0.25, 0.3) is 17.0 Å². The molecule has 1 unspecified atom stereocenters. The Kier molecular flexibility index (Phi) is 4.84. The number of carboxylic acids is 1. The lowest BCUT2D eigenvalue weighted by atomic mass is 10.1. The molecule has 1 aliphatic heterocycles. The molecule has 26 heavy (non-hydrogen) atoms. The first-order chi connectivity index (χ1) is 12.3. The second-order valence-electron chi connectivity index (χ2n) is 5.79. The molecule has 2 heterocycles. The van der Waals surface area contributed by atoms with Crippen LogP contribution in [0.3, 0.4) is 0 Å². The SMILES string of the molecule is Cn1cc(/C=C2\SC(=S)N(C(CC(N)=O)C(=O)O)C2=O)c2ccccc21. The number of carboxylic acid groups (broad SMARTS) is 1. The highest BCUT2D eigenvalue weighted by Gasteiger charge is 2.41. The zero-order chi connectivity index (χ0) is 19.0. The van der Waals surface area contributed by atoms with E-state index in [1.807, 2.05) is 42.1 Å². The van der Waals surface area contributed by atoms with Crippen molar-refractivity contribution in [3.05, 3.63) is 40.9 Å². The van der Waals surface area contributed by atoms with Crippen molar-refractivity contribution in [1.82, 2.24) is 9.47 Å². The molecule has 1 aliphatic rings. The molecule has 0 spiro atoms. The van der Waals surface area contributed by atoms with E-state index in [1.165, 1.54) is 0 Å². The van der Waals surface area contributed by atoms with Crippen molar-refractivity contribution in [2.75, 3.05) is 0 Å². The molecule has 1 aromatic heterocycles. The number of para-hydroxylation sites is 1. The maximum absolute atomic E-state index is 12.7. The Labute approximate surface area is 158 Å². The summed E-state index contributed by atoms with van der Waals surface area (Å²) in [5.74, 6) is -2.68. The fraction of sp³-hybridized carbons (Fsp3) is 0.176. The molecule has 134 valence electrons. The molecule has 3 rings (SSSR count). The van der Waals surface area contributed by atoms with E-state index in [-0.39, 0.29) is 4.32 Å². The van der Waals surface area contributed by atoms with Gasteiger partial charge in [-0.3, -0.25) is 14.5 Å². The largest absolute Gasteiger partial charge is 0.480 e. The topological polar surface area (TPSA) is 106 Å². The van der Waals surface area contributed by atoms with Crippen LogP contribution in [-0.2, 0) is 21.4 Å². The maximum Gasteiger partial charge on any atom is 0.327 e. The molecule has 2 amide bonds. The molecule has 1 fully saturated rings. The molecule has 3 N–H and O–H groups in total. The molecule has 0 aliphatic carbocycles. The van der Waals surface area contributed by atoms with Gasteiger partial charge in [0, 0.05) is 29.7 Å². The first-order valence-electron chi connectivity index (χ1n) is 7.62. The van der Waals surface area contributed by atoms with Crippen LogP contribution in [0, 0.1) is 0 Å². The van der Waals surface area contributed by atoms with Gasteiger partial charge >= 0.3 is 5.97 Å². The lowest BCUT2D eigenvalue weighted by molar-refractivity contribution is -0.146. The molecule has 9 heteroatoms. The van der Waals surface area contributed by atoms with Crippen molar-refractivity contribution >= 4 is 63.1 Å². The Morgan fingerprint density at radius 1 is 1.38 bits per heavy atom. The number of amides is 2. The van der Waals surface area contributed by atoms with Crippen molar-refractivity contribution in [2.45, 2.75) is 12.5 Å². The normalized spacial score (nSPS) is 17.3. The number of primary amides is 1. The summed E-state index contributed by atoms with van der Waals surface area (Å²) < 4.78 is 2.03. The third-order valence-corrected chi connectivity index (χ3v) is 5.36. The summed E-state index contributed by atoms with van der Waals surface area (Å²) in [7, 11) is 1.90. The third kappa shape index (κ3) is 3.23. The molecule has 0 radical (unpaired) electrons. The van der Waals surface area contributed by atoms with E-state index >= 15 is 0 Å². The van der Waals surface area contributed by atoms with Crippen LogP contribution in [0.15, 0.2) is 35.4 Å². The number of aromatic nitrogens is 1. The number of benzene rings is 1. The number of aliphatic carboxylic acids is 1. The Morgan fingerprint density at radius 3 is 2.73 bits per heavy atom. The summed E-state index contributed by atoms with van der Waals surface area (Å²) >= 11 is 6.18. The highest BCUT2D eigenvalue weighted by Crippen LogP contribution is 2.36. The van der Waals surface area contributed by atoms with Crippen LogP contribution in [-0.4, -0.2) is 42.7 Å². The van der Waals surface area contributed by atoms with Crippen molar-refractivity contribution in [2.24, 2.45) is 12.8 Å². The second kappa shape index (κ2) is 6.93. The average Bonchev–Trinajstić information content (AvgIpc) is 3.03. The number of nitrogens with zero attached hydrogens (tertiary/aromatic N) is 2. The molecule has 2 aromatic rings. The fourth-order valence-electron chi connectivity index (χ4n) is 2.86. The summed E-state index contributed by atoms with van der Waals surface area (Å²) in [6, 6.07) is 6.32. The quantitative estimate of drug-likeness (QED) is 0.596. The highest BCUT2D eigenvalue weighted by atomic mass is 32.2. The summed E-state index contributed by atoms with van der Waals surface area (Å²) in [6.07, 6.45) is 3.07. The van der Waals surface area contributed by atoms with Gasteiger partial charge in [-0.1, -0.05) is 42.2 Å². The molecular weight excluding hydrogens is 374 g/mol. The van der Waals surface area contributed by atoms with E-state index in [9.17, 15) is 19.5 Å². The Bertz CT molecular complexity index is 980. The van der Waals surface area contributed by atoms with Gasteiger partial charge in [0.2, 0.25) is 5.91 Å². The molecule has 1 atom stereocenters. The number of carbonyl (C=O) groups excluding carboxylic acids is 2. The number of hydrogen-bond acceptors (Lipinski definition) is 5. The van der Waals surface area contributed by atoms with E-state index in [0.717, 1.165) is 33.1 Å². The van der Waals surface area contributed by atoms with Crippen LogP contribution in [0.4, 0.5) is 0 Å². The average molecular weight is 389 g/mol. The van der Waals surface area contributed by atoms with Crippen LogP contribution in [0.1, 0.15) is 12.0 Å². The monoisotopic (exact) mass is 389 g/mol. The van der Waals surface area contributed by atoms with Gasteiger partial charge in [-0.2, -0.15) is 0 Å². The van der Waals surface area contributed by atoms with Gasteiger partial charge in [0.05, 0.1) is 11.3 Å². The van der Waals surface area contributed by atoms with Crippen molar-refractivity contribution in [1.29, 1.82) is 0 Å². The molecule has 0 bridgehead atoms. The van der Waals surface area contributed by atoms with E-state index in [1.54, 1.807) is 6.08 Å². The number of aryl methyl sites for hydroxylation is 1. The van der Waals surface area contributed by atoms with E-state index in [4.69, 9.17) is 18.0 Å². The standard InChI is InChI=1S/C17H15N3O4S2/c1-19-8-9(10-4-2-3-5-11(10)19)6-13-15(22)20(17(25)26-13)12(16(23)24)7-14(18)21/h2-6,8,12H,7H2,1H3,(H2,18,21)(H,23,24)/b13-6-. The van der Waals surface area contributed by atoms with Gasteiger partial charge in [0.15, 0.2) is 0 Å². The minimum atomic E-state index is -1.40. The van der Waals surface area contributed by atoms with Gasteiger partial charge in [-0.05, 0) is 12.1 Å². The Hall–Kier alpha value is -2.65. The van der Waals surface area contributed by atoms with Crippen LogP contribution < -0.4 is 5.73 Å². The molecule has 7 nitrogen and oxygen atoms in total. The fourth-order valence-corrected chi connectivity index (χ4v) is 4.21. The summed E-state index contributed by atoms with van der Waals surface area (Å²) in [4.78, 5) is 36.6. The number of hydrogen-bond donors (Lipinski definition) is 2. The van der Waals surface area contributed by atoms with Crippen molar-refractivity contribution in [3.63, 3.8) is 0 Å². The number of thiocarbonyl (C=S) groups is 1. The summed E-state index contributed by atoms with van der Waals surface area (Å²) in [5.41, 5.74) is 6.94. The Balaban J connectivity index is 1.99. The number of thioether (sulfide) groups is 1. The Morgan fingerprint density at radius 2 is 2.08 bits per heavy atom. The highest BCUT2D eigenvalue weighted by molar-refractivity contribution is 8.26. The number of fused-ring (bicyclic) bond motifs is 1. The predicted molar refractivity (Wildman–Crippen MR) is 103 cm³/mol. The molecule has 1 saturated heterocycles. The number of nitrogens with two attached hydrogens (primary N) is 1. The van der Waals surface area contributed by atoms with Crippen LogP contribution in [0.2, 0.25) is 0 Å². The second-order valence-corrected chi connectivity index (χ2v) is 7.46. The van der Waals surface area contributed by atoms with E-state index < -0.39 is 30.2 Å². The van der Waals surface area contributed by atoms with Gasteiger partial charge in [0.25, 0.3) is 5.91 Å². The van der Waals surface area contributed by atoms with Gasteiger partial charge in [0.1, 0.15) is 10.4 Å². The van der Waals surface area contributed by atoms with Crippen LogP contribution >= 0.6 is 24.0 Å². The zero-order valence-corrected chi connectivity index (χ0v) is 15.3. The van der Waals surface area contributed by atoms with Crippen molar-refractivity contribution < 1.29 is 19.5 Å². The van der Waals surface area contributed by atoms with E-state index in [2.05, 4.69) is 0 Å². The first kappa shape index (κ1) is 18.2. The third-order valence-electron chi connectivity index (χ3n) is 4.03. The number of carbonyl (C=O) groups is 3. The van der Waals surface area contributed by atoms with Gasteiger partial charge in [-0.15, -0.1) is 0 Å². The molecular formula is C17H15N3O4S2. The smallest absolute Gasteiger partial charge is 0.327 e. The van der Waals surface area contributed by atoms with Crippen molar-refractivity contribution in [3.8, 4) is 0 Å². The van der Waals surface area contributed by atoms with Gasteiger partial charge in [-0.25, -0.2) is 4.79 Å². The molecule has 1 aromatic carbocycles. The molecule has 0 saturated carbocycles. The number of rotatable bonds is 5. The van der Waals surface area contributed by atoms with Crippen LogP contribution in [0.5, 0.6) is 0 Å². The zero-order valence-electron chi connectivity index (χ0n) is 13.7. The first-order valence-corrected chi connectivity index (χ1v) is 8.84. The summed E-state index contributed by atoms with van der Waals surface area (Å²) in [5, 5.41) is 10.3. The minimum absolute atomic E-state index is 0.0927. The van der Waals surface area contributed by atoms with E-state index in [0.29, 0.717) is 4.91 Å². The lowest BCUT2D eigenvalue weighted by Gasteiger charge is -2.21. The lowest BCUT2D eigenvalue weighted by Crippen LogP contribution is -2.46. The minimum Gasteiger partial charge on any atom is -0.480 e.